The normalized spacial score (nSPS) is 16.1. The Morgan fingerprint density at radius 1 is 1.15 bits per heavy atom. The zero-order valence-corrected chi connectivity index (χ0v) is 23.8. The SMILES string of the molecule is CCCNC(=O)Nc1ccc(Oc2ccnc3cc(OCCCC4(C)N=CC=C4CCO)c(OC)cc23)cc1Cl. The number of amides is 2. The number of methoxy groups -OCH3 is 1. The number of nitrogens with one attached hydrogen (secondary N) is 2. The lowest BCUT2D eigenvalue weighted by atomic mass is 9.87. The molecule has 1 atom stereocenters. The van der Waals surface area contributed by atoms with Crippen molar-refractivity contribution < 1.29 is 24.1 Å². The van der Waals surface area contributed by atoms with E-state index in [1.165, 1.54) is 0 Å². The third-order valence-electron chi connectivity index (χ3n) is 6.71. The summed E-state index contributed by atoms with van der Waals surface area (Å²) < 4.78 is 17.9. The third kappa shape index (κ3) is 7.03. The molecular weight excluding hydrogens is 532 g/mol. The number of fused-ring (bicyclic) bond motifs is 1. The van der Waals surface area contributed by atoms with Gasteiger partial charge >= 0.3 is 6.03 Å². The first kappa shape index (κ1) is 29.2. The predicted molar refractivity (Wildman–Crippen MR) is 159 cm³/mol. The Hall–Kier alpha value is -3.82. The van der Waals surface area contributed by atoms with Gasteiger partial charge in [0.2, 0.25) is 0 Å². The number of hydrogen-bond donors (Lipinski definition) is 3. The Labute approximate surface area is 239 Å². The van der Waals surface area contributed by atoms with Crippen molar-refractivity contribution in [3.63, 3.8) is 0 Å². The molecule has 3 aromatic rings. The van der Waals surface area contributed by atoms with E-state index in [4.69, 9.17) is 25.8 Å². The quantitative estimate of drug-likeness (QED) is 0.203. The molecule has 212 valence electrons. The molecule has 0 saturated carbocycles. The molecule has 3 N–H and O–H groups in total. The Morgan fingerprint density at radius 2 is 2.00 bits per heavy atom. The first-order chi connectivity index (χ1) is 19.4. The van der Waals surface area contributed by atoms with Gasteiger partial charge in [-0.2, -0.15) is 0 Å². The largest absolute Gasteiger partial charge is 0.493 e. The number of ether oxygens (including phenoxy) is 3. The van der Waals surface area contributed by atoms with Gasteiger partial charge in [-0.25, -0.2) is 4.79 Å². The molecule has 0 saturated heterocycles. The predicted octanol–water partition coefficient (Wildman–Crippen LogP) is 6.53. The zero-order valence-electron chi connectivity index (χ0n) is 23.0. The number of urea groups is 1. The lowest BCUT2D eigenvalue weighted by Gasteiger charge is -2.25. The fourth-order valence-corrected chi connectivity index (χ4v) is 4.75. The summed E-state index contributed by atoms with van der Waals surface area (Å²) in [5, 5.41) is 15.9. The van der Waals surface area contributed by atoms with Gasteiger partial charge in [0.15, 0.2) is 11.5 Å². The average Bonchev–Trinajstić information content (AvgIpc) is 3.31. The van der Waals surface area contributed by atoms with E-state index in [-0.39, 0.29) is 18.2 Å². The van der Waals surface area contributed by atoms with Gasteiger partial charge in [-0.1, -0.05) is 18.5 Å². The molecule has 1 aromatic heterocycles. The number of carbonyl (C=O) groups is 1. The van der Waals surface area contributed by atoms with Crippen LogP contribution in [0.1, 0.15) is 39.5 Å². The van der Waals surface area contributed by atoms with E-state index in [2.05, 4.69) is 27.5 Å². The van der Waals surface area contributed by atoms with E-state index in [1.54, 1.807) is 37.6 Å². The van der Waals surface area contributed by atoms with Crippen molar-refractivity contribution in [3.8, 4) is 23.0 Å². The van der Waals surface area contributed by atoms with Crippen LogP contribution in [0.2, 0.25) is 5.02 Å². The third-order valence-corrected chi connectivity index (χ3v) is 7.03. The van der Waals surface area contributed by atoms with E-state index < -0.39 is 0 Å². The Bertz CT molecular complexity index is 1410. The van der Waals surface area contributed by atoms with Crippen LogP contribution < -0.4 is 24.8 Å². The van der Waals surface area contributed by atoms with Gasteiger partial charge in [0, 0.05) is 43.1 Å². The lowest BCUT2D eigenvalue weighted by molar-refractivity contribution is 0.252. The van der Waals surface area contributed by atoms with Crippen LogP contribution in [0.15, 0.2) is 59.2 Å². The molecule has 2 amide bonds. The minimum Gasteiger partial charge on any atom is -0.493 e. The molecule has 0 spiro atoms. The van der Waals surface area contributed by atoms with Crippen molar-refractivity contribution in [1.29, 1.82) is 0 Å². The fourth-order valence-electron chi connectivity index (χ4n) is 4.53. The summed E-state index contributed by atoms with van der Waals surface area (Å²) in [5.41, 5.74) is 2.01. The minimum absolute atomic E-state index is 0.113. The summed E-state index contributed by atoms with van der Waals surface area (Å²) in [7, 11) is 1.59. The summed E-state index contributed by atoms with van der Waals surface area (Å²) in [5.74, 6) is 2.23. The second-order valence-electron chi connectivity index (χ2n) is 9.62. The fraction of sp³-hybridized carbons (Fsp3) is 0.367. The highest BCUT2D eigenvalue weighted by molar-refractivity contribution is 6.33. The van der Waals surface area contributed by atoms with Crippen molar-refractivity contribution in [2.75, 3.05) is 32.2 Å². The smallest absolute Gasteiger partial charge is 0.319 e. The monoisotopic (exact) mass is 566 g/mol. The number of halogens is 1. The van der Waals surface area contributed by atoms with Gasteiger partial charge in [0.1, 0.15) is 11.5 Å². The van der Waals surface area contributed by atoms with E-state index in [9.17, 15) is 9.90 Å². The number of aliphatic hydroxyl groups is 1. The van der Waals surface area contributed by atoms with Gasteiger partial charge in [-0.3, -0.25) is 9.98 Å². The number of aliphatic imine (C=N–C) groups is 1. The van der Waals surface area contributed by atoms with E-state index >= 15 is 0 Å². The molecule has 0 fully saturated rings. The maximum Gasteiger partial charge on any atom is 0.319 e. The second-order valence-corrected chi connectivity index (χ2v) is 10.0. The van der Waals surface area contributed by atoms with Crippen LogP contribution in [0.25, 0.3) is 10.9 Å². The highest BCUT2D eigenvalue weighted by Crippen LogP contribution is 2.38. The van der Waals surface area contributed by atoms with Crippen LogP contribution in [0.3, 0.4) is 0 Å². The van der Waals surface area contributed by atoms with E-state index in [0.29, 0.717) is 58.8 Å². The number of aliphatic hydroxyl groups excluding tert-OH is 1. The number of benzene rings is 2. The number of hydrogen-bond acceptors (Lipinski definition) is 7. The van der Waals surface area contributed by atoms with Crippen molar-refractivity contribution in [2.45, 2.75) is 45.1 Å². The average molecular weight is 567 g/mol. The molecule has 2 heterocycles. The molecule has 10 heteroatoms. The van der Waals surface area contributed by atoms with Crippen molar-refractivity contribution in [2.24, 2.45) is 4.99 Å². The number of rotatable bonds is 13. The molecule has 0 radical (unpaired) electrons. The van der Waals surface area contributed by atoms with Crippen LogP contribution in [0, 0.1) is 0 Å². The Morgan fingerprint density at radius 3 is 2.75 bits per heavy atom. The molecule has 4 rings (SSSR count). The number of pyridine rings is 1. The van der Waals surface area contributed by atoms with E-state index in [1.807, 2.05) is 31.3 Å². The number of aromatic nitrogens is 1. The zero-order chi connectivity index (χ0) is 28.5. The number of anilines is 1. The molecule has 2 aromatic carbocycles. The van der Waals surface area contributed by atoms with Gasteiger partial charge in [0.05, 0.1) is 35.5 Å². The maximum atomic E-state index is 12.0. The molecule has 1 unspecified atom stereocenters. The summed E-state index contributed by atoms with van der Waals surface area (Å²) in [6.45, 7) is 5.23. The van der Waals surface area contributed by atoms with Crippen LogP contribution in [0.4, 0.5) is 10.5 Å². The summed E-state index contributed by atoms with van der Waals surface area (Å²) >= 11 is 6.40. The van der Waals surface area contributed by atoms with Crippen molar-refractivity contribution in [1.82, 2.24) is 10.3 Å². The van der Waals surface area contributed by atoms with Gasteiger partial charge in [-0.05, 0) is 68.5 Å². The topological polar surface area (TPSA) is 114 Å². The van der Waals surface area contributed by atoms with Crippen LogP contribution in [0.5, 0.6) is 23.0 Å². The van der Waals surface area contributed by atoms with Crippen molar-refractivity contribution >= 4 is 40.4 Å². The molecule has 0 bridgehead atoms. The highest BCUT2D eigenvalue weighted by Gasteiger charge is 2.29. The number of allylic oxidation sites excluding steroid dienone is 1. The molecular formula is C30H35ClN4O5. The second kappa shape index (κ2) is 13.5. The van der Waals surface area contributed by atoms with Crippen LogP contribution in [-0.2, 0) is 0 Å². The van der Waals surface area contributed by atoms with Crippen LogP contribution >= 0.6 is 11.6 Å². The first-order valence-corrected chi connectivity index (χ1v) is 13.7. The molecule has 40 heavy (non-hydrogen) atoms. The molecule has 1 aliphatic heterocycles. The standard InChI is InChI=1S/C30H35ClN4O5/c1-4-12-33-29(37)35-24-7-6-21(17-23(24)31)40-26-9-13-32-25-19-28(27(38-3)18-22(25)26)39-16-5-11-30(2)20(10-15-36)8-14-34-30/h6-9,13-14,17-19,36H,4-5,10-12,15-16H2,1-3H3,(H2,33,35,37). The maximum absolute atomic E-state index is 12.0. The summed E-state index contributed by atoms with van der Waals surface area (Å²) in [4.78, 5) is 21.1. The van der Waals surface area contributed by atoms with Crippen LogP contribution in [-0.4, -0.2) is 54.7 Å². The Kier molecular flexibility index (Phi) is 9.84. The Balaban J connectivity index is 1.44. The highest BCUT2D eigenvalue weighted by atomic mass is 35.5. The molecule has 1 aliphatic rings. The number of carbonyl (C=O) groups excluding carboxylic acids is 1. The van der Waals surface area contributed by atoms with Gasteiger partial charge in [0.25, 0.3) is 0 Å². The summed E-state index contributed by atoms with van der Waals surface area (Å²) in [6, 6.07) is 10.2. The summed E-state index contributed by atoms with van der Waals surface area (Å²) in [6.07, 6.45) is 8.51. The minimum atomic E-state index is -0.313. The van der Waals surface area contributed by atoms with E-state index in [0.717, 1.165) is 30.2 Å². The first-order valence-electron chi connectivity index (χ1n) is 13.3. The lowest BCUT2D eigenvalue weighted by Crippen LogP contribution is -2.29. The van der Waals surface area contributed by atoms with Crippen molar-refractivity contribution in [3.05, 3.63) is 59.3 Å². The van der Waals surface area contributed by atoms with Gasteiger partial charge in [-0.15, -0.1) is 0 Å². The van der Waals surface area contributed by atoms with Gasteiger partial charge < -0.3 is 30.0 Å². The number of nitrogens with zero attached hydrogens (tertiary/aromatic N) is 2. The molecule has 9 nitrogen and oxygen atoms in total. The molecule has 0 aliphatic carbocycles.